The van der Waals surface area contributed by atoms with E-state index in [1.807, 2.05) is 30.0 Å². The summed E-state index contributed by atoms with van der Waals surface area (Å²) in [5, 5.41) is 15.4. The van der Waals surface area contributed by atoms with Gasteiger partial charge in [-0.05, 0) is 73.2 Å². The number of pyridine rings is 1. The Morgan fingerprint density at radius 3 is 2.39 bits per heavy atom. The van der Waals surface area contributed by atoms with Crippen LogP contribution in [0.3, 0.4) is 0 Å². The molecule has 292 valence electrons. The molecule has 3 aromatic heterocycles. The summed E-state index contributed by atoms with van der Waals surface area (Å²) in [6, 6.07) is 15.6. The van der Waals surface area contributed by atoms with Gasteiger partial charge in [0.05, 0.1) is 29.9 Å². The number of nitrogens with one attached hydrogen (secondary N) is 3. The number of aromatic amines is 1. The Kier molecular flexibility index (Phi) is 10.5. The quantitative estimate of drug-likeness (QED) is 0.130. The molecule has 0 bridgehead atoms. The van der Waals surface area contributed by atoms with E-state index in [-0.39, 0.29) is 36.1 Å². The first kappa shape index (κ1) is 38.3. The van der Waals surface area contributed by atoms with Crippen LogP contribution < -0.4 is 15.5 Å². The Morgan fingerprint density at radius 1 is 0.982 bits per heavy atom. The maximum absolute atomic E-state index is 15.1. The predicted molar refractivity (Wildman–Crippen MR) is 197 cm³/mol. The molecule has 17 heteroatoms. The van der Waals surface area contributed by atoms with E-state index in [2.05, 4.69) is 65.1 Å². The van der Waals surface area contributed by atoms with E-state index in [0.29, 0.717) is 25.1 Å². The molecule has 7 rings (SSSR count). The fraction of sp³-hybridized carbons (Fsp3) is 0.359. The minimum Gasteiger partial charge on any atom is -0.352 e. The van der Waals surface area contributed by atoms with E-state index >= 15 is 4.39 Å². The molecule has 0 saturated carbocycles. The normalized spacial score (nSPS) is 16.9. The molecule has 2 saturated heterocycles. The van der Waals surface area contributed by atoms with Gasteiger partial charge in [-0.3, -0.25) is 29.7 Å². The highest BCUT2D eigenvalue weighted by Gasteiger charge is 2.51. The number of piperidine rings is 1. The highest BCUT2D eigenvalue weighted by Crippen LogP contribution is 2.38. The average molecular weight is 773 g/mol. The van der Waals surface area contributed by atoms with E-state index in [0.717, 1.165) is 61.4 Å². The van der Waals surface area contributed by atoms with E-state index in [4.69, 9.17) is 0 Å². The van der Waals surface area contributed by atoms with Crippen LogP contribution in [0.2, 0.25) is 0 Å². The van der Waals surface area contributed by atoms with Crippen LogP contribution in [0, 0.1) is 12.7 Å². The molecule has 2 aliphatic rings. The van der Waals surface area contributed by atoms with Crippen LogP contribution in [0.15, 0.2) is 67.1 Å². The van der Waals surface area contributed by atoms with Crippen molar-refractivity contribution >= 4 is 23.5 Å². The first-order chi connectivity index (χ1) is 26.7. The number of carbonyl (C=O) groups is 3. The molecule has 2 aliphatic heterocycles. The van der Waals surface area contributed by atoms with Gasteiger partial charge < -0.3 is 10.2 Å². The lowest BCUT2D eigenvalue weighted by Gasteiger charge is -2.35. The van der Waals surface area contributed by atoms with Gasteiger partial charge in [-0.1, -0.05) is 30.3 Å². The summed E-state index contributed by atoms with van der Waals surface area (Å²) >= 11 is 0. The van der Waals surface area contributed by atoms with Gasteiger partial charge >= 0.3 is 6.18 Å². The topological polar surface area (TPSA) is 154 Å². The first-order valence-corrected chi connectivity index (χ1v) is 18.1. The van der Waals surface area contributed by atoms with E-state index < -0.39 is 41.0 Å². The van der Waals surface area contributed by atoms with Crippen molar-refractivity contribution in [2.24, 2.45) is 0 Å². The van der Waals surface area contributed by atoms with E-state index in [9.17, 15) is 27.6 Å². The number of piperazine rings is 1. The largest absolute Gasteiger partial charge is 0.401 e. The molecule has 0 radical (unpaired) electrons. The molecular weight excluding hydrogens is 732 g/mol. The van der Waals surface area contributed by atoms with Crippen molar-refractivity contribution in [2.75, 3.05) is 31.1 Å². The Balaban J connectivity index is 0.908. The van der Waals surface area contributed by atoms with Crippen LogP contribution in [-0.4, -0.2) is 84.9 Å². The molecule has 3 N–H and O–H groups in total. The van der Waals surface area contributed by atoms with Crippen LogP contribution in [-0.2, 0) is 28.1 Å². The van der Waals surface area contributed by atoms with Gasteiger partial charge in [0, 0.05) is 51.5 Å². The minimum atomic E-state index is -4.53. The number of H-pyrrole nitrogens is 1. The minimum absolute atomic E-state index is 0.0977. The average Bonchev–Trinajstić information content (AvgIpc) is 3.86. The van der Waals surface area contributed by atoms with Gasteiger partial charge in [0.25, 0.3) is 5.91 Å². The zero-order valence-electron chi connectivity index (χ0n) is 31.0. The standard InChI is InChI=1S/C39H40F4N10O3/c1-23-16-26(8-10-31(23)53-22-28(19-46-53)35(55)45-20-32-47-37(50-49-32)38(2,3)39(41,42)43)25-6-4-24(5-7-25)21-51-12-14-52(15-13-51)34-30(40)17-27(18-44-34)29-9-11-33(54)48-36(29)56/h4-8,10,16-19,22,29H,9,11-15,20-21H2,1-3H3,(H,45,55)(H,47,49,50)(H,48,54,56). The van der Waals surface area contributed by atoms with Crippen LogP contribution in [0.25, 0.3) is 16.8 Å². The van der Waals surface area contributed by atoms with Crippen molar-refractivity contribution in [2.45, 2.75) is 64.2 Å². The highest BCUT2D eigenvalue weighted by molar-refractivity contribution is 6.01. The number of imide groups is 1. The number of alkyl halides is 3. The molecule has 5 aromatic rings. The molecule has 1 atom stereocenters. The SMILES string of the molecule is Cc1cc(-c2ccc(CN3CCN(c4ncc(C5CCC(=O)NC5=O)cc4F)CC3)cc2)ccc1-n1cc(C(=O)NCc2nc(C(C)(C)C(F)(F)F)n[nH]2)cn1. The number of aromatic nitrogens is 6. The second kappa shape index (κ2) is 15.3. The lowest BCUT2D eigenvalue weighted by Crippen LogP contribution is -2.46. The zero-order chi connectivity index (χ0) is 39.8. The lowest BCUT2D eigenvalue weighted by atomic mass is 9.91. The Hall–Kier alpha value is -5.97. The van der Waals surface area contributed by atoms with Crippen LogP contribution in [0.5, 0.6) is 0 Å². The maximum atomic E-state index is 15.1. The van der Waals surface area contributed by atoms with Crippen molar-refractivity contribution in [1.29, 1.82) is 0 Å². The van der Waals surface area contributed by atoms with E-state index in [1.165, 1.54) is 18.5 Å². The van der Waals surface area contributed by atoms with Crippen molar-refractivity contribution in [3.8, 4) is 16.8 Å². The Labute approximate surface area is 319 Å². The van der Waals surface area contributed by atoms with Crippen LogP contribution in [0.1, 0.15) is 71.3 Å². The number of nitrogens with zero attached hydrogens (tertiary/aromatic N) is 7. The summed E-state index contributed by atoms with van der Waals surface area (Å²) in [6.07, 6.45) is 0.556. The summed E-state index contributed by atoms with van der Waals surface area (Å²) in [7, 11) is 0. The summed E-state index contributed by atoms with van der Waals surface area (Å²) in [5.74, 6) is -2.31. The molecule has 56 heavy (non-hydrogen) atoms. The molecule has 0 spiro atoms. The van der Waals surface area contributed by atoms with Crippen molar-refractivity contribution in [1.82, 2.24) is 45.5 Å². The fourth-order valence-corrected chi connectivity index (χ4v) is 6.77. The van der Waals surface area contributed by atoms with Crippen molar-refractivity contribution in [3.63, 3.8) is 0 Å². The maximum Gasteiger partial charge on any atom is 0.401 e. The molecule has 13 nitrogen and oxygen atoms in total. The summed E-state index contributed by atoms with van der Waals surface area (Å²) in [5.41, 5.74) is 3.39. The number of benzene rings is 2. The Morgan fingerprint density at radius 2 is 1.71 bits per heavy atom. The zero-order valence-corrected chi connectivity index (χ0v) is 31.0. The van der Waals surface area contributed by atoms with Gasteiger partial charge in [0.2, 0.25) is 11.8 Å². The predicted octanol–water partition coefficient (Wildman–Crippen LogP) is 5.11. The molecule has 0 aliphatic carbocycles. The first-order valence-electron chi connectivity index (χ1n) is 18.1. The number of carbonyl (C=O) groups excluding carboxylic acids is 3. The highest BCUT2D eigenvalue weighted by atomic mass is 19.4. The molecule has 1 unspecified atom stereocenters. The summed E-state index contributed by atoms with van der Waals surface area (Å²) in [6.45, 7) is 7.18. The van der Waals surface area contributed by atoms with Crippen molar-refractivity contribution in [3.05, 3.63) is 107 Å². The number of anilines is 1. The van der Waals surface area contributed by atoms with Gasteiger partial charge in [-0.25, -0.2) is 19.0 Å². The van der Waals surface area contributed by atoms with Crippen LogP contribution >= 0.6 is 0 Å². The third-order valence-electron chi connectivity index (χ3n) is 10.4. The third-order valence-corrected chi connectivity index (χ3v) is 10.4. The summed E-state index contributed by atoms with van der Waals surface area (Å²) in [4.78, 5) is 49.0. The van der Waals surface area contributed by atoms with Gasteiger partial charge in [-0.2, -0.15) is 23.4 Å². The second-order valence-electron chi connectivity index (χ2n) is 14.6. The number of halogens is 4. The molecular formula is C39H40F4N10O3. The number of rotatable bonds is 10. The summed E-state index contributed by atoms with van der Waals surface area (Å²) < 4.78 is 56.8. The smallest absolute Gasteiger partial charge is 0.352 e. The number of hydrogen-bond acceptors (Lipinski definition) is 9. The third kappa shape index (κ3) is 8.03. The fourth-order valence-electron chi connectivity index (χ4n) is 6.77. The van der Waals surface area contributed by atoms with Crippen LogP contribution in [0.4, 0.5) is 23.4 Å². The Bertz CT molecular complexity index is 2260. The van der Waals surface area contributed by atoms with Gasteiger partial charge in [-0.15, -0.1) is 0 Å². The second-order valence-corrected chi connectivity index (χ2v) is 14.6. The molecule has 2 fully saturated rings. The van der Waals surface area contributed by atoms with Gasteiger partial charge in [0.1, 0.15) is 11.2 Å². The van der Waals surface area contributed by atoms with E-state index in [1.54, 1.807) is 10.9 Å². The number of aryl methyl sites for hydroxylation is 1. The van der Waals surface area contributed by atoms with Crippen molar-refractivity contribution < 1.29 is 31.9 Å². The molecule has 2 aromatic carbocycles. The monoisotopic (exact) mass is 772 g/mol. The number of hydrogen-bond donors (Lipinski definition) is 3. The number of amides is 3. The van der Waals surface area contributed by atoms with Gasteiger partial charge in [0.15, 0.2) is 17.5 Å². The molecule has 5 heterocycles. The molecule has 3 amide bonds. The lowest BCUT2D eigenvalue weighted by molar-refractivity contribution is -0.182.